The molecule has 1 atom stereocenters. The van der Waals surface area contributed by atoms with Crippen LogP contribution in [0.4, 0.5) is 0 Å². The van der Waals surface area contributed by atoms with E-state index in [-0.39, 0.29) is 23.6 Å². The van der Waals surface area contributed by atoms with Gasteiger partial charge >= 0.3 is 0 Å². The van der Waals surface area contributed by atoms with Crippen molar-refractivity contribution in [1.82, 2.24) is 10.2 Å². The van der Waals surface area contributed by atoms with Crippen LogP contribution >= 0.6 is 11.6 Å². The van der Waals surface area contributed by atoms with Crippen LogP contribution in [-0.2, 0) is 13.2 Å². The van der Waals surface area contributed by atoms with Crippen molar-refractivity contribution in [3.8, 4) is 23.0 Å². The largest absolute Gasteiger partial charge is 0.497 e. The van der Waals surface area contributed by atoms with Crippen LogP contribution in [0.2, 0.25) is 5.02 Å². The zero-order valence-corrected chi connectivity index (χ0v) is 22.9. The molecule has 1 fully saturated rings. The van der Waals surface area contributed by atoms with E-state index in [0.29, 0.717) is 23.7 Å². The van der Waals surface area contributed by atoms with Crippen molar-refractivity contribution in [3.63, 3.8) is 0 Å². The number of carbonyl (C=O) groups is 1. The summed E-state index contributed by atoms with van der Waals surface area (Å²) in [6.07, 6.45) is 2.42. The minimum absolute atomic E-state index is 0.00803. The van der Waals surface area contributed by atoms with Crippen molar-refractivity contribution in [3.05, 3.63) is 82.4 Å². The maximum atomic E-state index is 13.2. The molecule has 0 radical (unpaired) electrons. The Labute approximate surface area is 229 Å². The van der Waals surface area contributed by atoms with Gasteiger partial charge in [0.1, 0.15) is 24.7 Å². The fourth-order valence-electron chi connectivity index (χ4n) is 4.42. The standard InChI is InChI=1S/C30H35ClN2O5/c1-21(18-33-16-4-5-17-33)32-30(34)26-14-15-27(37-19-22-6-10-24(35-2)11-7-22)29(28(26)31)38-20-23-8-12-25(36-3)13-9-23/h6-15,21H,4-5,16-20H2,1-3H3,(H,32,34)/t21-/m0/s1. The third-order valence-electron chi connectivity index (χ3n) is 6.51. The summed E-state index contributed by atoms with van der Waals surface area (Å²) in [6.45, 7) is 5.52. The van der Waals surface area contributed by atoms with Gasteiger partial charge in [0.15, 0.2) is 11.5 Å². The summed E-state index contributed by atoms with van der Waals surface area (Å²) in [6, 6.07) is 18.6. The molecule has 1 heterocycles. The second-order valence-electron chi connectivity index (χ2n) is 9.41. The highest BCUT2D eigenvalue weighted by molar-refractivity contribution is 6.35. The lowest BCUT2D eigenvalue weighted by atomic mass is 10.1. The first-order valence-electron chi connectivity index (χ1n) is 12.8. The van der Waals surface area contributed by atoms with E-state index in [1.807, 2.05) is 55.5 Å². The number of ether oxygens (including phenoxy) is 4. The maximum Gasteiger partial charge on any atom is 0.253 e. The number of nitrogens with zero attached hydrogens (tertiary/aromatic N) is 1. The highest BCUT2D eigenvalue weighted by Crippen LogP contribution is 2.39. The highest BCUT2D eigenvalue weighted by atomic mass is 35.5. The van der Waals surface area contributed by atoms with Gasteiger partial charge in [0, 0.05) is 12.6 Å². The number of benzene rings is 3. The third kappa shape index (κ3) is 7.33. The molecule has 3 aromatic rings. The lowest BCUT2D eigenvalue weighted by molar-refractivity contribution is 0.0931. The molecule has 8 heteroatoms. The van der Waals surface area contributed by atoms with Crippen molar-refractivity contribution in [2.24, 2.45) is 0 Å². The van der Waals surface area contributed by atoms with Crippen LogP contribution in [0.25, 0.3) is 0 Å². The van der Waals surface area contributed by atoms with Crippen LogP contribution in [0.3, 0.4) is 0 Å². The zero-order chi connectivity index (χ0) is 26.9. The van der Waals surface area contributed by atoms with E-state index in [0.717, 1.165) is 42.3 Å². The number of hydrogen-bond donors (Lipinski definition) is 1. The van der Waals surface area contributed by atoms with E-state index in [1.165, 1.54) is 12.8 Å². The van der Waals surface area contributed by atoms with Crippen LogP contribution in [-0.4, -0.2) is 50.7 Å². The molecule has 4 rings (SSSR count). The Morgan fingerprint density at radius 2 is 1.42 bits per heavy atom. The molecular formula is C30H35ClN2O5. The van der Waals surface area contributed by atoms with Crippen molar-refractivity contribution < 1.29 is 23.7 Å². The van der Waals surface area contributed by atoms with Gasteiger partial charge in [-0.25, -0.2) is 0 Å². The summed E-state index contributed by atoms with van der Waals surface area (Å²) in [4.78, 5) is 15.5. The second-order valence-corrected chi connectivity index (χ2v) is 9.79. The molecule has 0 bridgehead atoms. The highest BCUT2D eigenvalue weighted by Gasteiger charge is 2.22. The minimum Gasteiger partial charge on any atom is -0.497 e. The number of methoxy groups -OCH3 is 2. The molecule has 0 aliphatic carbocycles. The monoisotopic (exact) mass is 538 g/mol. The predicted octanol–water partition coefficient (Wildman–Crippen LogP) is 5.73. The van der Waals surface area contributed by atoms with Gasteiger partial charge in [-0.3, -0.25) is 4.79 Å². The number of halogens is 1. The zero-order valence-electron chi connectivity index (χ0n) is 22.2. The van der Waals surface area contributed by atoms with Gasteiger partial charge in [0.25, 0.3) is 5.91 Å². The number of amides is 1. The SMILES string of the molecule is COc1ccc(COc2ccc(C(=O)N[C@@H](C)CN3CCCC3)c(Cl)c2OCc2ccc(OC)cc2)cc1. The lowest BCUT2D eigenvalue weighted by Gasteiger charge is -2.22. The molecule has 202 valence electrons. The summed E-state index contributed by atoms with van der Waals surface area (Å²) in [5.41, 5.74) is 2.24. The smallest absolute Gasteiger partial charge is 0.253 e. The maximum absolute atomic E-state index is 13.2. The van der Waals surface area contributed by atoms with Crippen molar-refractivity contribution in [1.29, 1.82) is 0 Å². The summed E-state index contributed by atoms with van der Waals surface area (Å²) in [7, 11) is 3.26. The van der Waals surface area contributed by atoms with Crippen molar-refractivity contribution in [2.45, 2.75) is 39.0 Å². The van der Waals surface area contributed by atoms with Crippen LogP contribution in [0.1, 0.15) is 41.3 Å². The van der Waals surface area contributed by atoms with Gasteiger partial charge in [-0.2, -0.15) is 0 Å². The Kier molecular flexibility index (Phi) is 9.73. The van der Waals surface area contributed by atoms with Gasteiger partial charge in [0.2, 0.25) is 0 Å². The first-order valence-corrected chi connectivity index (χ1v) is 13.2. The molecule has 7 nitrogen and oxygen atoms in total. The molecule has 38 heavy (non-hydrogen) atoms. The first-order chi connectivity index (χ1) is 18.5. The number of hydrogen-bond acceptors (Lipinski definition) is 6. The molecule has 1 N–H and O–H groups in total. The fourth-order valence-corrected chi connectivity index (χ4v) is 4.72. The van der Waals surface area contributed by atoms with E-state index >= 15 is 0 Å². The normalized spacial score (nSPS) is 14.1. The number of rotatable bonds is 12. The molecule has 3 aromatic carbocycles. The Morgan fingerprint density at radius 3 is 1.97 bits per heavy atom. The van der Waals surface area contributed by atoms with E-state index in [9.17, 15) is 4.79 Å². The molecular weight excluding hydrogens is 504 g/mol. The molecule has 1 amide bonds. The van der Waals surface area contributed by atoms with Gasteiger partial charge in [0.05, 0.1) is 24.8 Å². The molecule has 1 saturated heterocycles. The van der Waals surface area contributed by atoms with E-state index < -0.39 is 0 Å². The quantitative estimate of drug-likeness (QED) is 0.317. The van der Waals surface area contributed by atoms with Crippen LogP contribution in [0.5, 0.6) is 23.0 Å². The van der Waals surface area contributed by atoms with E-state index in [2.05, 4.69) is 10.2 Å². The van der Waals surface area contributed by atoms with E-state index in [4.69, 9.17) is 30.5 Å². The predicted molar refractivity (Wildman–Crippen MR) is 149 cm³/mol. The Balaban J connectivity index is 1.51. The molecule has 0 aromatic heterocycles. The summed E-state index contributed by atoms with van der Waals surface area (Å²) < 4.78 is 22.7. The minimum atomic E-state index is -0.238. The summed E-state index contributed by atoms with van der Waals surface area (Å²) >= 11 is 6.79. The Bertz CT molecular complexity index is 1190. The average Bonchev–Trinajstić information content (AvgIpc) is 3.44. The molecule has 0 spiro atoms. The van der Waals surface area contributed by atoms with Gasteiger partial charge in [-0.1, -0.05) is 35.9 Å². The topological polar surface area (TPSA) is 69.3 Å². The molecule has 0 saturated carbocycles. The number of carbonyl (C=O) groups excluding carboxylic acids is 1. The number of likely N-dealkylation sites (tertiary alicyclic amines) is 1. The van der Waals surface area contributed by atoms with Crippen LogP contribution in [0, 0.1) is 0 Å². The Morgan fingerprint density at radius 1 is 0.868 bits per heavy atom. The molecule has 1 aliphatic heterocycles. The fraction of sp³-hybridized carbons (Fsp3) is 0.367. The van der Waals surface area contributed by atoms with Gasteiger partial charge in [-0.05, 0) is 80.4 Å². The number of nitrogens with one attached hydrogen (secondary N) is 1. The Hall–Kier alpha value is -3.42. The van der Waals surface area contributed by atoms with Crippen molar-refractivity contribution >= 4 is 17.5 Å². The third-order valence-corrected chi connectivity index (χ3v) is 6.88. The summed E-state index contributed by atoms with van der Waals surface area (Å²) in [5, 5.41) is 3.30. The summed E-state index contributed by atoms with van der Waals surface area (Å²) in [5.74, 6) is 2.08. The van der Waals surface area contributed by atoms with Gasteiger partial charge in [-0.15, -0.1) is 0 Å². The van der Waals surface area contributed by atoms with Crippen molar-refractivity contribution in [2.75, 3.05) is 33.9 Å². The first kappa shape index (κ1) is 27.6. The van der Waals surface area contributed by atoms with Crippen LogP contribution < -0.4 is 24.3 Å². The molecule has 0 unspecified atom stereocenters. The van der Waals surface area contributed by atoms with Crippen LogP contribution in [0.15, 0.2) is 60.7 Å². The second kappa shape index (κ2) is 13.4. The van der Waals surface area contributed by atoms with E-state index in [1.54, 1.807) is 26.4 Å². The average molecular weight is 539 g/mol. The molecule has 1 aliphatic rings. The lowest BCUT2D eigenvalue weighted by Crippen LogP contribution is -2.41. The van der Waals surface area contributed by atoms with Gasteiger partial charge < -0.3 is 29.2 Å².